The van der Waals surface area contributed by atoms with Crippen molar-refractivity contribution in [1.82, 2.24) is 4.90 Å². The van der Waals surface area contributed by atoms with Crippen LogP contribution in [-0.2, 0) is 4.74 Å². The van der Waals surface area contributed by atoms with Crippen LogP contribution < -0.4 is 10.2 Å². The first kappa shape index (κ1) is 13.7. The van der Waals surface area contributed by atoms with Gasteiger partial charge < -0.3 is 19.9 Å². The number of hydrogen-bond acceptors (Lipinski definition) is 3. The molecular weight excluding hydrogens is 242 g/mol. The SMILES string of the molecule is Cc1cc(N(C)C)ccc1NC(=O)N1CCOCC1. The Morgan fingerprint density at radius 2 is 2.00 bits per heavy atom. The van der Waals surface area contributed by atoms with E-state index in [1.54, 1.807) is 4.90 Å². The topological polar surface area (TPSA) is 44.8 Å². The van der Waals surface area contributed by atoms with Crippen LogP contribution in [0.2, 0.25) is 0 Å². The number of carbonyl (C=O) groups is 1. The molecule has 1 aromatic rings. The number of nitrogens with zero attached hydrogens (tertiary/aromatic N) is 2. The van der Waals surface area contributed by atoms with E-state index in [0.29, 0.717) is 26.3 Å². The molecule has 5 nitrogen and oxygen atoms in total. The van der Waals surface area contributed by atoms with Crippen molar-refractivity contribution in [2.45, 2.75) is 6.92 Å². The lowest BCUT2D eigenvalue weighted by Gasteiger charge is -2.27. The summed E-state index contributed by atoms with van der Waals surface area (Å²) in [5.74, 6) is 0. The van der Waals surface area contributed by atoms with E-state index in [4.69, 9.17) is 4.74 Å². The maximum Gasteiger partial charge on any atom is 0.322 e. The molecule has 1 aliphatic heterocycles. The van der Waals surface area contributed by atoms with Crippen LogP contribution in [0.4, 0.5) is 16.2 Å². The van der Waals surface area contributed by atoms with Gasteiger partial charge in [-0.2, -0.15) is 0 Å². The largest absolute Gasteiger partial charge is 0.378 e. The van der Waals surface area contributed by atoms with Gasteiger partial charge in [0.2, 0.25) is 0 Å². The number of morpholine rings is 1. The minimum Gasteiger partial charge on any atom is -0.378 e. The molecule has 2 rings (SSSR count). The molecular formula is C14H21N3O2. The quantitative estimate of drug-likeness (QED) is 0.886. The highest BCUT2D eigenvalue weighted by Gasteiger charge is 2.17. The number of urea groups is 1. The minimum absolute atomic E-state index is 0.0518. The number of aryl methyl sites for hydroxylation is 1. The zero-order valence-corrected chi connectivity index (χ0v) is 11.8. The molecule has 1 saturated heterocycles. The molecule has 0 saturated carbocycles. The van der Waals surface area contributed by atoms with Gasteiger partial charge in [-0.3, -0.25) is 0 Å². The third kappa shape index (κ3) is 3.38. The number of carbonyl (C=O) groups excluding carboxylic acids is 1. The molecule has 2 amide bonds. The molecule has 19 heavy (non-hydrogen) atoms. The van der Waals surface area contributed by atoms with E-state index in [1.165, 1.54) is 0 Å². The highest BCUT2D eigenvalue weighted by atomic mass is 16.5. The number of ether oxygens (including phenoxy) is 1. The molecule has 0 radical (unpaired) electrons. The zero-order chi connectivity index (χ0) is 13.8. The first-order valence-corrected chi connectivity index (χ1v) is 6.49. The highest BCUT2D eigenvalue weighted by molar-refractivity contribution is 5.90. The van der Waals surface area contributed by atoms with Crippen molar-refractivity contribution in [3.8, 4) is 0 Å². The predicted molar refractivity (Wildman–Crippen MR) is 76.9 cm³/mol. The van der Waals surface area contributed by atoms with Crippen LogP contribution in [0.5, 0.6) is 0 Å². The summed E-state index contributed by atoms with van der Waals surface area (Å²) in [6.45, 7) is 4.54. The molecule has 0 aromatic heterocycles. The van der Waals surface area contributed by atoms with E-state index in [1.807, 2.05) is 38.1 Å². The van der Waals surface area contributed by atoms with E-state index >= 15 is 0 Å². The summed E-state index contributed by atoms with van der Waals surface area (Å²) in [4.78, 5) is 15.9. The van der Waals surface area contributed by atoms with Crippen LogP contribution >= 0.6 is 0 Å². The number of rotatable bonds is 2. The molecule has 1 fully saturated rings. The number of nitrogens with one attached hydrogen (secondary N) is 1. The molecule has 0 atom stereocenters. The van der Waals surface area contributed by atoms with Crippen molar-refractivity contribution in [2.24, 2.45) is 0 Å². The van der Waals surface area contributed by atoms with E-state index in [9.17, 15) is 4.79 Å². The molecule has 1 aromatic carbocycles. The van der Waals surface area contributed by atoms with Gasteiger partial charge in [0.25, 0.3) is 0 Å². The van der Waals surface area contributed by atoms with Crippen LogP contribution in [0, 0.1) is 6.92 Å². The van der Waals surface area contributed by atoms with Crippen molar-refractivity contribution >= 4 is 17.4 Å². The average Bonchev–Trinajstić information content (AvgIpc) is 2.41. The smallest absolute Gasteiger partial charge is 0.322 e. The van der Waals surface area contributed by atoms with E-state index in [2.05, 4.69) is 11.4 Å². The summed E-state index contributed by atoms with van der Waals surface area (Å²) >= 11 is 0. The lowest BCUT2D eigenvalue weighted by molar-refractivity contribution is 0.0564. The molecule has 5 heteroatoms. The lowest BCUT2D eigenvalue weighted by atomic mass is 10.1. The number of benzene rings is 1. The number of anilines is 2. The Kier molecular flexibility index (Phi) is 4.27. The highest BCUT2D eigenvalue weighted by Crippen LogP contribution is 2.21. The van der Waals surface area contributed by atoms with Crippen LogP contribution in [-0.4, -0.2) is 51.3 Å². The summed E-state index contributed by atoms with van der Waals surface area (Å²) in [7, 11) is 4.00. The Morgan fingerprint density at radius 3 is 2.58 bits per heavy atom. The third-order valence-corrected chi connectivity index (χ3v) is 3.27. The first-order chi connectivity index (χ1) is 9.08. The van der Waals surface area contributed by atoms with Crippen molar-refractivity contribution in [2.75, 3.05) is 50.6 Å². The van der Waals surface area contributed by atoms with Gasteiger partial charge in [0, 0.05) is 38.6 Å². The van der Waals surface area contributed by atoms with E-state index in [0.717, 1.165) is 16.9 Å². The molecule has 1 N–H and O–H groups in total. The predicted octanol–water partition coefficient (Wildman–Crippen LogP) is 1.93. The van der Waals surface area contributed by atoms with Crippen molar-refractivity contribution < 1.29 is 9.53 Å². The molecule has 0 bridgehead atoms. The maximum atomic E-state index is 12.1. The Balaban J connectivity index is 2.04. The van der Waals surface area contributed by atoms with Gasteiger partial charge >= 0.3 is 6.03 Å². The fourth-order valence-corrected chi connectivity index (χ4v) is 2.03. The average molecular weight is 263 g/mol. The van der Waals surface area contributed by atoms with Gasteiger partial charge in [0.05, 0.1) is 13.2 Å². The van der Waals surface area contributed by atoms with E-state index < -0.39 is 0 Å². The molecule has 0 spiro atoms. The third-order valence-electron chi connectivity index (χ3n) is 3.27. The minimum atomic E-state index is -0.0518. The molecule has 1 heterocycles. The van der Waals surface area contributed by atoms with Crippen LogP contribution in [0.1, 0.15) is 5.56 Å². The normalized spacial score (nSPS) is 15.2. The summed E-state index contributed by atoms with van der Waals surface area (Å²) in [5, 5.41) is 2.96. The number of hydrogen-bond donors (Lipinski definition) is 1. The van der Waals surface area contributed by atoms with Crippen molar-refractivity contribution in [3.05, 3.63) is 23.8 Å². The van der Waals surface area contributed by atoms with Gasteiger partial charge in [0.1, 0.15) is 0 Å². The van der Waals surface area contributed by atoms with Crippen LogP contribution in [0.3, 0.4) is 0 Å². The standard InChI is InChI=1S/C14H21N3O2/c1-11-10-12(16(2)3)4-5-13(11)15-14(18)17-6-8-19-9-7-17/h4-5,10H,6-9H2,1-3H3,(H,15,18). The second-order valence-electron chi connectivity index (χ2n) is 4.92. The van der Waals surface area contributed by atoms with Gasteiger partial charge in [0.15, 0.2) is 0 Å². The second-order valence-corrected chi connectivity index (χ2v) is 4.92. The first-order valence-electron chi connectivity index (χ1n) is 6.49. The Bertz CT molecular complexity index is 454. The van der Waals surface area contributed by atoms with Gasteiger partial charge in [-0.05, 0) is 30.7 Å². The van der Waals surface area contributed by atoms with Gasteiger partial charge in [-0.1, -0.05) is 0 Å². The lowest BCUT2D eigenvalue weighted by Crippen LogP contribution is -2.43. The maximum absolute atomic E-state index is 12.1. The zero-order valence-electron chi connectivity index (χ0n) is 11.8. The monoisotopic (exact) mass is 263 g/mol. The summed E-state index contributed by atoms with van der Waals surface area (Å²) in [6, 6.07) is 5.96. The molecule has 1 aliphatic rings. The van der Waals surface area contributed by atoms with E-state index in [-0.39, 0.29) is 6.03 Å². The summed E-state index contributed by atoms with van der Waals surface area (Å²) in [5.41, 5.74) is 3.05. The van der Waals surface area contributed by atoms with Crippen LogP contribution in [0.15, 0.2) is 18.2 Å². The van der Waals surface area contributed by atoms with Gasteiger partial charge in [-0.25, -0.2) is 4.79 Å². The summed E-state index contributed by atoms with van der Waals surface area (Å²) in [6.07, 6.45) is 0. The Labute approximate surface area is 114 Å². The number of amides is 2. The van der Waals surface area contributed by atoms with Crippen LogP contribution in [0.25, 0.3) is 0 Å². The van der Waals surface area contributed by atoms with Crippen molar-refractivity contribution in [1.29, 1.82) is 0 Å². The Hall–Kier alpha value is -1.75. The molecule has 0 unspecified atom stereocenters. The van der Waals surface area contributed by atoms with Gasteiger partial charge in [-0.15, -0.1) is 0 Å². The molecule has 0 aliphatic carbocycles. The Morgan fingerprint density at radius 1 is 1.32 bits per heavy atom. The second kappa shape index (κ2) is 5.93. The fraction of sp³-hybridized carbons (Fsp3) is 0.500. The fourth-order valence-electron chi connectivity index (χ4n) is 2.03. The molecule has 104 valence electrons. The summed E-state index contributed by atoms with van der Waals surface area (Å²) < 4.78 is 5.24. The van der Waals surface area contributed by atoms with Crippen molar-refractivity contribution in [3.63, 3.8) is 0 Å².